The molecule has 1 N–H and O–H groups in total. The number of nitrogens with one attached hydrogen (secondary N) is 1. The van der Waals surface area contributed by atoms with Gasteiger partial charge in [0.1, 0.15) is 23.6 Å². The minimum Gasteiger partial charge on any atom is -0.491 e. The number of rotatable bonds is 5. The number of benzene rings is 2. The number of aromatic nitrogens is 2. The summed E-state index contributed by atoms with van der Waals surface area (Å²) in [6.45, 7) is 3.80. The first kappa shape index (κ1) is 19.2. The second-order valence-electron chi connectivity index (χ2n) is 6.06. The second kappa shape index (κ2) is 7.98. The summed E-state index contributed by atoms with van der Waals surface area (Å²) in [4.78, 5) is 16.6. The fourth-order valence-corrected chi connectivity index (χ4v) is 2.78. The first-order valence-corrected chi connectivity index (χ1v) is 8.85. The van der Waals surface area contributed by atoms with Gasteiger partial charge in [-0.15, -0.1) is 0 Å². The highest BCUT2D eigenvalue weighted by molar-refractivity contribution is 6.34. The molecule has 0 saturated heterocycles. The number of carbonyl (C=O) groups excluding carboxylic acids is 1. The molecule has 3 aromatic rings. The standard InChI is InChI=1S/C19H16Cl2FN3O2/c1-11(2)27-15-3-4-16(21)17(8-15)24-19(26)18-9-25(10-23-18)14-6-12(20)5-13(22)7-14/h3-11H,1-2H3,(H,24,26). The molecular formula is C19H16Cl2FN3O2. The van der Waals surface area contributed by atoms with Crippen LogP contribution >= 0.6 is 23.2 Å². The topological polar surface area (TPSA) is 56.1 Å². The molecule has 1 heterocycles. The van der Waals surface area contributed by atoms with Crippen molar-refractivity contribution in [3.8, 4) is 11.4 Å². The lowest BCUT2D eigenvalue weighted by Crippen LogP contribution is -2.13. The van der Waals surface area contributed by atoms with E-state index in [-0.39, 0.29) is 16.8 Å². The molecule has 2 aromatic carbocycles. The van der Waals surface area contributed by atoms with Crippen LogP contribution in [0.2, 0.25) is 10.0 Å². The summed E-state index contributed by atoms with van der Waals surface area (Å²) < 4.78 is 20.6. The first-order chi connectivity index (χ1) is 12.8. The van der Waals surface area contributed by atoms with Crippen molar-refractivity contribution in [3.63, 3.8) is 0 Å². The smallest absolute Gasteiger partial charge is 0.275 e. The van der Waals surface area contributed by atoms with Crippen LogP contribution in [-0.4, -0.2) is 21.6 Å². The van der Waals surface area contributed by atoms with Crippen LogP contribution in [0.25, 0.3) is 5.69 Å². The van der Waals surface area contributed by atoms with Gasteiger partial charge in [-0.25, -0.2) is 9.37 Å². The maximum absolute atomic E-state index is 13.5. The van der Waals surface area contributed by atoms with E-state index in [1.165, 1.54) is 29.2 Å². The third kappa shape index (κ3) is 4.78. The number of halogens is 3. The molecule has 0 aliphatic carbocycles. The lowest BCUT2D eigenvalue weighted by Gasteiger charge is -2.12. The molecule has 5 nitrogen and oxygen atoms in total. The summed E-state index contributed by atoms with van der Waals surface area (Å²) in [6.07, 6.45) is 2.87. The molecule has 140 valence electrons. The first-order valence-electron chi connectivity index (χ1n) is 8.10. The van der Waals surface area contributed by atoms with Gasteiger partial charge in [-0.2, -0.15) is 0 Å². The molecule has 0 spiro atoms. The van der Waals surface area contributed by atoms with Gasteiger partial charge in [0, 0.05) is 17.3 Å². The summed E-state index contributed by atoms with van der Waals surface area (Å²) in [7, 11) is 0. The van der Waals surface area contributed by atoms with Crippen molar-refractivity contribution >= 4 is 34.8 Å². The van der Waals surface area contributed by atoms with Gasteiger partial charge in [-0.1, -0.05) is 23.2 Å². The largest absolute Gasteiger partial charge is 0.491 e. The predicted molar refractivity (Wildman–Crippen MR) is 104 cm³/mol. The zero-order valence-electron chi connectivity index (χ0n) is 14.5. The van der Waals surface area contributed by atoms with Crippen LogP contribution in [0.1, 0.15) is 24.3 Å². The zero-order valence-corrected chi connectivity index (χ0v) is 16.1. The monoisotopic (exact) mass is 407 g/mol. The van der Waals surface area contributed by atoms with Crippen molar-refractivity contribution in [1.82, 2.24) is 9.55 Å². The molecule has 3 rings (SSSR count). The van der Waals surface area contributed by atoms with Gasteiger partial charge >= 0.3 is 0 Å². The molecule has 1 amide bonds. The van der Waals surface area contributed by atoms with Gasteiger partial charge in [0.2, 0.25) is 0 Å². The van der Waals surface area contributed by atoms with Crippen LogP contribution in [0.15, 0.2) is 48.9 Å². The van der Waals surface area contributed by atoms with Gasteiger partial charge in [-0.3, -0.25) is 4.79 Å². The van der Waals surface area contributed by atoms with E-state index in [1.807, 2.05) is 13.8 Å². The Bertz CT molecular complexity index is 969. The molecule has 27 heavy (non-hydrogen) atoms. The Hall–Kier alpha value is -2.57. The Balaban J connectivity index is 1.80. The van der Waals surface area contributed by atoms with Gasteiger partial charge in [0.05, 0.1) is 22.5 Å². The minimum atomic E-state index is -0.481. The van der Waals surface area contributed by atoms with Crippen LogP contribution in [0, 0.1) is 5.82 Å². The lowest BCUT2D eigenvalue weighted by atomic mass is 10.2. The van der Waals surface area contributed by atoms with E-state index in [2.05, 4.69) is 10.3 Å². The molecule has 0 bridgehead atoms. The highest BCUT2D eigenvalue weighted by Crippen LogP contribution is 2.28. The maximum Gasteiger partial charge on any atom is 0.275 e. The number of carbonyl (C=O) groups is 1. The van der Waals surface area contributed by atoms with E-state index in [4.69, 9.17) is 27.9 Å². The molecule has 0 unspecified atom stereocenters. The molecule has 0 aliphatic rings. The number of nitrogens with zero attached hydrogens (tertiary/aromatic N) is 2. The summed E-state index contributed by atoms with van der Waals surface area (Å²) >= 11 is 12.0. The fraction of sp³-hybridized carbons (Fsp3) is 0.158. The second-order valence-corrected chi connectivity index (χ2v) is 6.90. The van der Waals surface area contributed by atoms with Crippen molar-refractivity contribution in [2.75, 3.05) is 5.32 Å². The Labute approximate surface area is 165 Å². The quantitative estimate of drug-likeness (QED) is 0.619. The third-order valence-electron chi connectivity index (χ3n) is 3.52. The minimum absolute atomic E-state index is 0.0106. The average Bonchev–Trinajstić information content (AvgIpc) is 3.07. The predicted octanol–water partition coefficient (Wildman–Crippen LogP) is 5.36. The van der Waals surface area contributed by atoms with Crippen LogP contribution < -0.4 is 10.1 Å². The fourth-order valence-electron chi connectivity index (χ4n) is 2.40. The molecule has 0 atom stereocenters. The Morgan fingerprint density at radius 1 is 1.22 bits per heavy atom. The van der Waals surface area contributed by atoms with Crippen molar-refractivity contribution in [1.29, 1.82) is 0 Å². The molecule has 8 heteroatoms. The number of anilines is 1. The molecule has 0 fully saturated rings. The summed E-state index contributed by atoms with van der Waals surface area (Å²) in [5.74, 6) is -0.351. The summed E-state index contributed by atoms with van der Waals surface area (Å²) in [6, 6.07) is 9.06. The number of ether oxygens (including phenoxy) is 1. The van der Waals surface area contributed by atoms with E-state index >= 15 is 0 Å². The molecule has 0 radical (unpaired) electrons. The normalized spacial score (nSPS) is 10.9. The van der Waals surface area contributed by atoms with Crippen molar-refractivity contribution < 1.29 is 13.9 Å². The van der Waals surface area contributed by atoms with Crippen molar-refractivity contribution in [3.05, 3.63) is 70.5 Å². The van der Waals surface area contributed by atoms with Crippen LogP contribution in [-0.2, 0) is 0 Å². The summed E-state index contributed by atoms with van der Waals surface area (Å²) in [5, 5.41) is 3.32. The number of amides is 1. The average molecular weight is 408 g/mol. The van der Waals surface area contributed by atoms with E-state index in [9.17, 15) is 9.18 Å². The van der Waals surface area contributed by atoms with Crippen LogP contribution in [0.5, 0.6) is 5.75 Å². The van der Waals surface area contributed by atoms with E-state index in [1.54, 1.807) is 24.3 Å². The number of imidazole rings is 1. The third-order valence-corrected chi connectivity index (χ3v) is 4.07. The zero-order chi connectivity index (χ0) is 19.6. The van der Waals surface area contributed by atoms with E-state index < -0.39 is 11.7 Å². The van der Waals surface area contributed by atoms with Gasteiger partial charge < -0.3 is 14.6 Å². The van der Waals surface area contributed by atoms with Crippen molar-refractivity contribution in [2.45, 2.75) is 20.0 Å². The van der Waals surface area contributed by atoms with E-state index in [0.717, 1.165) is 0 Å². The van der Waals surface area contributed by atoms with E-state index in [0.29, 0.717) is 22.1 Å². The Morgan fingerprint density at radius 2 is 2.00 bits per heavy atom. The summed E-state index contributed by atoms with van der Waals surface area (Å²) in [5.41, 5.74) is 1.00. The van der Waals surface area contributed by atoms with Gasteiger partial charge in [-0.05, 0) is 44.2 Å². The Kier molecular flexibility index (Phi) is 5.68. The molecule has 1 aromatic heterocycles. The Morgan fingerprint density at radius 3 is 2.70 bits per heavy atom. The SMILES string of the molecule is CC(C)Oc1ccc(Cl)c(NC(=O)c2cn(-c3cc(F)cc(Cl)c3)cn2)c1. The highest BCUT2D eigenvalue weighted by atomic mass is 35.5. The van der Waals surface area contributed by atoms with Gasteiger partial charge in [0.25, 0.3) is 5.91 Å². The number of hydrogen-bond donors (Lipinski definition) is 1. The van der Waals surface area contributed by atoms with Crippen LogP contribution in [0.4, 0.5) is 10.1 Å². The molecule has 0 saturated carbocycles. The lowest BCUT2D eigenvalue weighted by molar-refractivity contribution is 0.102. The maximum atomic E-state index is 13.5. The van der Waals surface area contributed by atoms with Crippen molar-refractivity contribution in [2.24, 2.45) is 0 Å². The van der Waals surface area contributed by atoms with Crippen LogP contribution in [0.3, 0.4) is 0 Å². The highest BCUT2D eigenvalue weighted by Gasteiger charge is 2.14. The van der Waals surface area contributed by atoms with Gasteiger partial charge in [0.15, 0.2) is 0 Å². The molecular weight excluding hydrogens is 392 g/mol. The number of hydrogen-bond acceptors (Lipinski definition) is 3. The molecule has 0 aliphatic heterocycles.